The first kappa shape index (κ1) is 13.5. The molecule has 0 aliphatic carbocycles. The lowest BCUT2D eigenvalue weighted by Gasteiger charge is -2.26. The smallest absolute Gasteiger partial charge is 0.227 e. The summed E-state index contributed by atoms with van der Waals surface area (Å²) in [7, 11) is 0. The Kier molecular flexibility index (Phi) is 4.97. The number of carbonyl (C=O) groups is 1. The molecule has 0 atom stereocenters. The van der Waals surface area contributed by atoms with Gasteiger partial charge in [-0.1, -0.05) is 18.2 Å². The van der Waals surface area contributed by atoms with Crippen molar-refractivity contribution >= 4 is 5.91 Å². The highest BCUT2D eigenvalue weighted by molar-refractivity contribution is 5.79. The van der Waals surface area contributed by atoms with Crippen molar-refractivity contribution in [2.75, 3.05) is 13.1 Å². The molecule has 0 aliphatic heterocycles. The molecule has 94 valence electrons. The van der Waals surface area contributed by atoms with Crippen LogP contribution >= 0.6 is 0 Å². The molecule has 0 aromatic heterocycles. The summed E-state index contributed by atoms with van der Waals surface area (Å²) in [6, 6.07) is 7.02. The Morgan fingerprint density at radius 3 is 2.59 bits per heavy atom. The fraction of sp³-hybridized carbons (Fsp3) is 0.462. The molecule has 1 aromatic rings. The van der Waals surface area contributed by atoms with Crippen molar-refractivity contribution in [2.45, 2.75) is 26.3 Å². The highest BCUT2D eigenvalue weighted by Crippen LogP contribution is 2.17. The summed E-state index contributed by atoms with van der Waals surface area (Å²) < 4.78 is 0. The van der Waals surface area contributed by atoms with Crippen LogP contribution in [0.2, 0.25) is 0 Å². The standard InChI is InChI=1S/C13H20N2O2/c1-10(2)15(8-7-14)13(17)9-11-5-3-4-6-12(11)16/h3-6,10,16H,7-9,14H2,1-2H3. The van der Waals surface area contributed by atoms with Crippen LogP contribution in [0.1, 0.15) is 19.4 Å². The zero-order valence-electron chi connectivity index (χ0n) is 10.4. The molecule has 3 N–H and O–H groups in total. The lowest BCUT2D eigenvalue weighted by molar-refractivity contribution is -0.132. The molecule has 0 unspecified atom stereocenters. The van der Waals surface area contributed by atoms with E-state index < -0.39 is 0 Å². The first-order chi connectivity index (χ1) is 8.06. The van der Waals surface area contributed by atoms with Crippen molar-refractivity contribution < 1.29 is 9.90 Å². The van der Waals surface area contributed by atoms with Crippen LogP contribution in [0.5, 0.6) is 5.75 Å². The van der Waals surface area contributed by atoms with Gasteiger partial charge >= 0.3 is 0 Å². The summed E-state index contributed by atoms with van der Waals surface area (Å²) in [5, 5.41) is 9.61. The molecular formula is C13H20N2O2. The summed E-state index contributed by atoms with van der Waals surface area (Å²) in [5.74, 6) is 0.157. The largest absolute Gasteiger partial charge is 0.508 e. The number of aromatic hydroxyl groups is 1. The van der Waals surface area contributed by atoms with Gasteiger partial charge in [-0.3, -0.25) is 4.79 Å². The SMILES string of the molecule is CC(C)N(CCN)C(=O)Cc1ccccc1O. The summed E-state index contributed by atoms with van der Waals surface area (Å²) in [4.78, 5) is 13.8. The minimum Gasteiger partial charge on any atom is -0.508 e. The number of hydrogen-bond acceptors (Lipinski definition) is 3. The molecule has 17 heavy (non-hydrogen) atoms. The van der Waals surface area contributed by atoms with Gasteiger partial charge in [0.25, 0.3) is 0 Å². The molecule has 1 rings (SSSR count). The van der Waals surface area contributed by atoms with Crippen molar-refractivity contribution in [3.05, 3.63) is 29.8 Å². The highest BCUT2D eigenvalue weighted by atomic mass is 16.3. The molecule has 1 aromatic carbocycles. The van der Waals surface area contributed by atoms with E-state index in [2.05, 4.69) is 0 Å². The predicted octanol–water partition coefficient (Wildman–Crippen LogP) is 1.13. The molecule has 4 heteroatoms. The maximum Gasteiger partial charge on any atom is 0.227 e. The number of rotatable bonds is 5. The number of hydrogen-bond donors (Lipinski definition) is 2. The lowest BCUT2D eigenvalue weighted by Crippen LogP contribution is -2.41. The number of para-hydroxylation sites is 1. The zero-order chi connectivity index (χ0) is 12.8. The first-order valence-electron chi connectivity index (χ1n) is 5.82. The van der Waals surface area contributed by atoms with Crippen LogP contribution in [0.3, 0.4) is 0 Å². The normalized spacial score (nSPS) is 10.6. The van der Waals surface area contributed by atoms with E-state index >= 15 is 0 Å². The van der Waals surface area contributed by atoms with E-state index in [1.54, 1.807) is 23.1 Å². The number of carbonyl (C=O) groups excluding carboxylic acids is 1. The second-order valence-corrected chi connectivity index (χ2v) is 4.28. The van der Waals surface area contributed by atoms with Gasteiger partial charge in [-0.15, -0.1) is 0 Å². The van der Waals surface area contributed by atoms with Crippen LogP contribution in [0.15, 0.2) is 24.3 Å². The Morgan fingerprint density at radius 1 is 1.41 bits per heavy atom. The minimum absolute atomic E-state index is 0.00745. The molecule has 4 nitrogen and oxygen atoms in total. The second-order valence-electron chi connectivity index (χ2n) is 4.28. The summed E-state index contributed by atoms with van der Waals surface area (Å²) in [5.41, 5.74) is 6.14. The van der Waals surface area contributed by atoms with E-state index in [4.69, 9.17) is 5.73 Å². The van der Waals surface area contributed by atoms with Crippen LogP contribution in [0.4, 0.5) is 0 Å². The average molecular weight is 236 g/mol. The zero-order valence-corrected chi connectivity index (χ0v) is 10.4. The Balaban J connectivity index is 2.73. The number of nitrogens with zero attached hydrogens (tertiary/aromatic N) is 1. The maximum absolute atomic E-state index is 12.1. The number of phenols is 1. The van der Waals surface area contributed by atoms with Crippen LogP contribution in [-0.4, -0.2) is 35.0 Å². The van der Waals surface area contributed by atoms with Crippen LogP contribution in [0.25, 0.3) is 0 Å². The third kappa shape index (κ3) is 3.75. The van der Waals surface area contributed by atoms with Gasteiger partial charge in [-0.2, -0.15) is 0 Å². The van der Waals surface area contributed by atoms with Crippen molar-refractivity contribution in [2.24, 2.45) is 5.73 Å². The van der Waals surface area contributed by atoms with E-state index in [1.807, 2.05) is 19.9 Å². The molecule has 0 heterocycles. The summed E-state index contributed by atoms with van der Waals surface area (Å²) in [6.07, 6.45) is 0.213. The Hall–Kier alpha value is -1.55. The summed E-state index contributed by atoms with van der Waals surface area (Å²) >= 11 is 0. The Bertz CT molecular complexity index is 377. The van der Waals surface area contributed by atoms with Crippen molar-refractivity contribution in [1.29, 1.82) is 0 Å². The number of nitrogens with two attached hydrogens (primary N) is 1. The molecule has 1 amide bonds. The first-order valence-corrected chi connectivity index (χ1v) is 5.82. The minimum atomic E-state index is -0.00745. The number of phenolic OH excluding ortho intramolecular Hbond substituents is 1. The van der Waals surface area contributed by atoms with Gasteiger partial charge in [0.1, 0.15) is 5.75 Å². The molecular weight excluding hydrogens is 216 g/mol. The van der Waals surface area contributed by atoms with Gasteiger partial charge in [0.2, 0.25) is 5.91 Å². The molecule has 0 radical (unpaired) electrons. The fourth-order valence-corrected chi connectivity index (χ4v) is 1.73. The molecule has 0 fully saturated rings. The quantitative estimate of drug-likeness (QED) is 0.805. The van der Waals surface area contributed by atoms with Gasteiger partial charge in [-0.25, -0.2) is 0 Å². The average Bonchev–Trinajstić information content (AvgIpc) is 2.28. The number of amides is 1. The third-order valence-electron chi connectivity index (χ3n) is 2.65. The van der Waals surface area contributed by atoms with Crippen LogP contribution < -0.4 is 5.73 Å². The predicted molar refractivity (Wildman–Crippen MR) is 67.7 cm³/mol. The Morgan fingerprint density at radius 2 is 2.06 bits per heavy atom. The van der Waals surface area contributed by atoms with E-state index in [9.17, 15) is 9.90 Å². The van der Waals surface area contributed by atoms with E-state index in [0.717, 1.165) is 0 Å². The van der Waals surface area contributed by atoms with Gasteiger partial charge in [0, 0.05) is 24.7 Å². The highest BCUT2D eigenvalue weighted by Gasteiger charge is 2.17. The molecule has 0 saturated heterocycles. The third-order valence-corrected chi connectivity index (χ3v) is 2.65. The van der Waals surface area contributed by atoms with Gasteiger partial charge in [-0.05, 0) is 19.9 Å². The maximum atomic E-state index is 12.1. The van der Waals surface area contributed by atoms with E-state index in [1.165, 1.54) is 0 Å². The van der Waals surface area contributed by atoms with E-state index in [0.29, 0.717) is 18.7 Å². The second kappa shape index (κ2) is 6.25. The van der Waals surface area contributed by atoms with Crippen LogP contribution in [0, 0.1) is 0 Å². The van der Waals surface area contributed by atoms with Crippen molar-refractivity contribution in [1.82, 2.24) is 4.90 Å². The molecule has 0 aliphatic rings. The number of benzene rings is 1. The Labute approximate surface area is 102 Å². The van der Waals surface area contributed by atoms with Gasteiger partial charge < -0.3 is 15.7 Å². The van der Waals surface area contributed by atoms with Gasteiger partial charge in [0.15, 0.2) is 0 Å². The van der Waals surface area contributed by atoms with Crippen LogP contribution in [-0.2, 0) is 11.2 Å². The lowest BCUT2D eigenvalue weighted by atomic mass is 10.1. The van der Waals surface area contributed by atoms with Crippen molar-refractivity contribution in [3.8, 4) is 5.75 Å². The molecule has 0 spiro atoms. The van der Waals surface area contributed by atoms with Crippen molar-refractivity contribution in [3.63, 3.8) is 0 Å². The topological polar surface area (TPSA) is 66.6 Å². The van der Waals surface area contributed by atoms with Gasteiger partial charge in [0.05, 0.1) is 6.42 Å². The molecule has 0 bridgehead atoms. The van der Waals surface area contributed by atoms with E-state index in [-0.39, 0.29) is 24.1 Å². The summed E-state index contributed by atoms with van der Waals surface area (Å²) in [6.45, 7) is 4.91. The monoisotopic (exact) mass is 236 g/mol. The molecule has 0 saturated carbocycles. The fourth-order valence-electron chi connectivity index (χ4n) is 1.73.